The van der Waals surface area contributed by atoms with Crippen LogP contribution in [0.4, 0.5) is 5.69 Å². The van der Waals surface area contributed by atoms with Gasteiger partial charge in [-0.25, -0.2) is 0 Å². The molecule has 0 aliphatic heterocycles. The summed E-state index contributed by atoms with van der Waals surface area (Å²) in [6, 6.07) is 13.0. The molecule has 1 N–H and O–H groups in total. The third kappa shape index (κ3) is 5.14. The summed E-state index contributed by atoms with van der Waals surface area (Å²) < 4.78 is 15.5. The number of carbonyl (C=O) groups is 1. The fourth-order valence-corrected chi connectivity index (χ4v) is 2.19. The van der Waals surface area contributed by atoms with Crippen LogP contribution in [0.15, 0.2) is 48.5 Å². The van der Waals surface area contributed by atoms with Crippen LogP contribution in [0.25, 0.3) is 6.08 Å². The van der Waals surface area contributed by atoms with Crippen molar-refractivity contribution in [1.29, 1.82) is 0 Å². The molecule has 0 fully saturated rings. The zero-order chi connectivity index (χ0) is 17.4. The van der Waals surface area contributed by atoms with E-state index in [9.17, 15) is 4.79 Å². The number of anilines is 1. The maximum absolute atomic E-state index is 12.1. The minimum Gasteiger partial charge on any atom is -0.497 e. The minimum atomic E-state index is -0.216. The molecule has 126 valence electrons. The molecule has 0 radical (unpaired) electrons. The molecule has 0 aliphatic rings. The van der Waals surface area contributed by atoms with Crippen molar-refractivity contribution < 1.29 is 19.0 Å². The lowest BCUT2D eigenvalue weighted by Gasteiger charge is -2.06. The van der Waals surface area contributed by atoms with Crippen molar-refractivity contribution in [1.82, 2.24) is 0 Å². The molecule has 0 aliphatic carbocycles. The molecule has 0 spiro atoms. The molecule has 0 bridgehead atoms. The predicted octanol–water partition coefficient (Wildman–Crippen LogP) is 3.50. The number of ether oxygens (including phenoxy) is 3. The number of methoxy groups -OCH3 is 3. The van der Waals surface area contributed by atoms with Crippen molar-refractivity contribution in [3.05, 3.63) is 59.7 Å². The summed E-state index contributed by atoms with van der Waals surface area (Å²) >= 11 is 0. The van der Waals surface area contributed by atoms with Gasteiger partial charge >= 0.3 is 0 Å². The molecule has 0 saturated carbocycles. The van der Waals surface area contributed by atoms with E-state index in [0.717, 1.165) is 16.8 Å². The van der Waals surface area contributed by atoms with Crippen molar-refractivity contribution in [3.8, 4) is 11.5 Å². The van der Waals surface area contributed by atoms with Crippen molar-refractivity contribution in [3.63, 3.8) is 0 Å². The van der Waals surface area contributed by atoms with Crippen LogP contribution in [0, 0.1) is 0 Å². The summed E-state index contributed by atoms with van der Waals surface area (Å²) in [4.78, 5) is 12.1. The van der Waals surface area contributed by atoms with Crippen LogP contribution in [-0.4, -0.2) is 27.2 Å². The van der Waals surface area contributed by atoms with E-state index in [1.54, 1.807) is 33.5 Å². The average Bonchev–Trinajstić information content (AvgIpc) is 2.60. The third-order valence-corrected chi connectivity index (χ3v) is 3.31. The number of benzene rings is 2. The molecule has 1 amide bonds. The first-order valence-corrected chi connectivity index (χ1v) is 7.44. The van der Waals surface area contributed by atoms with Gasteiger partial charge in [-0.1, -0.05) is 12.1 Å². The van der Waals surface area contributed by atoms with E-state index in [-0.39, 0.29) is 5.91 Å². The zero-order valence-electron chi connectivity index (χ0n) is 14.0. The second-order valence-electron chi connectivity index (χ2n) is 5.10. The first-order chi connectivity index (χ1) is 11.6. The molecule has 0 atom stereocenters. The van der Waals surface area contributed by atoms with Crippen LogP contribution in [0.5, 0.6) is 11.5 Å². The van der Waals surface area contributed by atoms with E-state index in [1.165, 1.54) is 6.08 Å². The van der Waals surface area contributed by atoms with Gasteiger partial charge in [-0.05, 0) is 41.5 Å². The number of amides is 1. The molecule has 2 aromatic rings. The Morgan fingerprint density at radius 1 is 1.04 bits per heavy atom. The van der Waals surface area contributed by atoms with Crippen molar-refractivity contribution in [2.75, 3.05) is 26.6 Å². The normalized spacial score (nSPS) is 10.6. The van der Waals surface area contributed by atoms with Crippen molar-refractivity contribution in [2.45, 2.75) is 6.61 Å². The molecule has 24 heavy (non-hydrogen) atoms. The van der Waals surface area contributed by atoms with Crippen LogP contribution in [0.3, 0.4) is 0 Å². The quantitative estimate of drug-likeness (QED) is 0.791. The molecule has 2 rings (SSSR count). The van der Waals surface area contributed by atoms with Gasteiger partial charge in [0.25, 0.3) is 0 Å². The summed E-state index contributed by atoms with van der Waals surface area (Å²) in [5.41, 5.74) is 2.54. The van der Waals surface area contributed by atoms with Crippen LogP contribution in [0.2, 0.25) is 0 Å². The fourth-order valence-electron chi connectivity index (χ4n) is 2.19. The molecular formula is C19H21NO4. The van der Waals surface area contributed by atoms with Gasteiger partial charge in [0.15, 0.2) is 0 Å². The SMILES string of the molecule is COCc1cccc(NC(=O)/C=C/c2cc(OC)cc(OC)c2)c1. The van der Waals surface area contributed by atoms with Gasteiger partial charge in [0.05, 0.1) is 20.8 Å². The van der Waals surface area contributed by atoms with Crippen LogP contribution < -0.4 is 14.8 Å². The Morgan fingerprint density at radius 3 is 2.38 bits per heavy atom. The molecule has 0 unspecified atom stereocenters. The second-order valence-corrected chi connectivity index (χ2v) is 5.10. The van der Waals surface area contributed by atoms with E-state index in [1.807, 2.05) is 36.4 Å². The Balaban J connectivity index is 2.06. The van der Waals surface area contributed by atoms with E-state index >= 15 is 0 Å². The number of carbonyl (C=O) groups excluding carboxylic acids is 1. The molecular weight excluding hydrogens is 306 g/mol. The lowest BCUT2D eigenvalue weighted by Crippen LogP contribution is -2.08. The zero-order valence-corrected chi connectivity index (χ0v) is 14.0. The van der Waals surface area contributed by atoms with Crippen molar-refractivity contribution in [2.24, 2.45) is 0 Å². The Morgan fingerprint density at radius 2 is 1.75 bits per heavy atom. The van der Waals surface area contributed by atoms with Crippen LogP contribution >= 0.6 is 0 Å². The first kappa shape index (κ1) is 17.6. The fraction of sp³-hybridized carbons (Fsp3) is 0.211. The average molecular weight is 327 g/mol. The lowest BCUT2D eigenvalue weighted by atomic mass is 10.2. The molecule has 0 heterocycles. The molecule has 0 aromatic heterocycles. The van der Waals surface area contributed by atoms with E-state index < -0.39 is 0 Å². The van der Waals surface area contributed by atoms with Gasteiger partial charge in [-0.2, -0.15) is 0 Å². The van der Waals surface area contributed by atoms with Crippen molar-refractivity contribution >= 4 is 17.7 Å². The molecule has 5 heteroatoms. The highest BCUT2D eigenvalue weighted by molar-refractivity contribution is 6.02. The van der Waals surface area contributed by atoms with Gasteiger partial charge in [0.2, 0.25) is 5.91 Å². The van der Waals surface area contributed by atoms with Gasteiger partial charge in [0.1, 0.15) is 11.5 Å². The Hall–Kier alpha value is -2.79. The highest BCUT2D eigenvalue weighted by atomic mass is 16.5. The molecule has 2 aromatic carbocycles. The standard InChI is InChI=1S/C19H21NO4/c1-22-13-15-5-4-6-16(9-15)20-19(21)8-7-14-10-17(23-2)12-18(11-14)24-3/h4-12H,13H2,1-3H3,(H,20,21)/b8-7+. The summed E-state index contributed by atoms with van der Waals surface area (Å²) in [6.45, 7) is 0.503. The maximum Gasteiger partial charge on any atom is 0.248 e. The highest BCUT2D eigenvalue weighted by Gasteiger charge is 2.02. The summed E-state index contributed by atoms with van der Waals surface area (Å²) in [7, 11) is 4.81. The highest BCUT2D eigenvalue weighted by Crippen LogP contribution is 2.23. The number of hydrogen-bond donors (Lipinski definition) is 1. The summed E-state index contributed by atoms with van der Waals surface area (Å²) in [5, 5.41) is 2.82. The van der Waals surface area contributed by atoms with Gasteiger partial charge in [0, 0.05) is 24.9 Å². The van der Waals surface area contributed by atoms with E-state index in [0.29, 0.717) is 18.1 Å². The number of nitrogens with one attached hydrogen (secondary N) is 1. The Bertz CT molecular complexity index is 703. The van der Waals surface area contributed by atoms with Crippen LogP contribution in [-0.2, 0) is 16.1 Å². The van der Waals surface area contributed by atoms with E-state index in [4.69, 9.17) is 14.2 Å². The third-order valence-electron chi connectivity index (χ3n) is 3.31. The summed E-state index contributed by atoms with van der Waals surface area (Å²) in [6.07, 6.45) is 3.18. The van der Waals surface area contributed by atoms with Gasteiger partial charge in [-0.15, -0.1) is 0 Å². The van der Waals surface area contributed by atoms with Crippen LogP contribution in [0.1, 0.15) is 11.1 Å². The monoisotopic (exact) mass is 327 g/mol. The second kappa shape index (κ2) is 8.74. The van der Waals surface area contributed by atoms with E-state index in [2.05, 4.69) is 5.32 Å². The maximum atomic E-state index is 12.1. The molecule has 0 saturated heterocycles. The topological polar surface area (TPSA) is 56.8 Å². The largest absolute Gasteiger partial charge is 0.497 e. The number of rotatable bonds is 7. The molecule has 5 nitrogen and oxygen atoms in total. The summed E-state index contributed by atoms with van der Waals surface area (Å²) in [5.74, 6) is 1.12. The Kier molecular flexibility index (Phi) is 6.40. The number of hydrogen-bond acceptors (Lipinski definition) is 4. The van der Waals surface area contributed by atoms with Gasteiger partial charge in [-0.3, -0.25) is 4.79 Å². The van der Waals surface area contributed by atoms with Gasteiger partial charge < -0.3 is 19.5 Å². The Labute approximate surface area is 141 Å². The smallest absolute Gasteiger partial charge is 0.248 e. The minimum absolute atomic E-state index is 0.216. The first-order valence-electron chi connectivity index (χ1n) is 7.44. The lowest BCUT2D eigenvalue weighted by molar-refractivity contribution is -0.111. The predicted molar refractivity (Wildman–Crippen MR) is 94.4 cm³/mol.